The van der Waals surface area contributed by atoms with Crippen molar-refractivity contribution in [3.05, 3.63) is 76.9 Å². The number of rotatable bonds is 9. The molecular formula is C25H30NNaO3S. The maximum Gasteiger partial charge on any atom is 1.00 e. The number of fused-ring (bicyclic) bond motifs is 1. The van der Waals surface area contributed by atoms with Crippen molar-refractivity contribution in [2.24, 2.45) is 0 Å². The summed E-state index contributed by atoms with van der Waals surface area (Å²) >= 11 is 0. The number of aryl methyl sites for hydroxylation is 2. The van der Waals surface area contributed by atoms with E-state index in [-0.39, 0.29) is 34.5 Å². The van der Waals surface area contributed by atoms with Crippen LogP contribution in [0.3, 0.4) is 0 Å². The van der Waals surface area contributed by atoms with Crippen LogP contribution in [0.4, 0.5) is 0 Å². The van der Waals surface area contributed by atoms with E-state index < -0.39 is 10.1 Å². The Hall–Kier alpha value is -1.21. The zero-order valence-electron chi connectivity index (χ0n) is 18.9. The maximum absolute atomic E-state index is 11.8. The van der Waals surface area contributed by atoms with Crippen LogP contribution >= 0.6 is 0 Å². The molecule has 0 spiro atoms. The van der Waals surface area contributed by atoms with Crippen molar-refractivity contribution in [3.63, 3.8) is 0 Å². The fourth-order valence-corrected chi connectivity index (χ4v) is 4.44. The predicted octanol–water partition coefficient (Wildman–Crippen LogP) is 2.24. The van der Waals surface area contributed by atoms with Gasteiger partial charge in [0.1, 0.15) is 10.1 Å². The number of hydrogen-bond acceptors (Lipinski definition) is 4. The minimum Gasteiger partial charge on any atom is -0.744 e. The molecule has 1 aromatic carbocycles. The molecule has 0 heterocycles. The minimum atomic E-state index is -4.51. The van der Waals surface area contributed by atoms with Crippen LogP contribution in [-0.2, 0) is 23.1 Å². The average molecular weight is 448 g/mol. The van der Waals surface area contributed by atoms with Gasteiger partial charge in [0.05, 0.1) is 4.90 Å². The Balaban J connectivity index is 0.00000341. The first-order chi connectivity index (χ1) is 14.3. The van der Waals surface area contributed by atoms with E-state index in [0.717, 1.165) is 49.0 Å². The Morgan fingerprint density at radius 3 is 2.19 bits per heavy atom. The van der Waals surface area contributed by atoms with Crippen LogP contribution < -0.4 is 34.9 Å². The van der Waals surface area contributed by atoms with E-state index >= 15 is 0 Å². The topological polar surface area (TPSA) is 69.2 Å². The number of hydrogen-bond donors (Lipinski definition) is 1. The number of unbranched alkanes of at least 4 members (excludes halogenated alkanes) is 1. The van der Waals surface area contributed by atoms with Gasteiger partial charge < -0.3 is 9.87 Å². The van der Waals surface area contributed by atoms with Gasteiger partial charge in [-0.25, -0.2) is 8.42 Å². The summed E-state index contributed by atoms with van der Waals surface area (Å²) < 4.78 is 35.4. The third-order valence-electron chi connectivity index (χ3n) is 5.53. The van der Waals surface area contributed by atoms with Gasteiger partial charge in [0.15, 0.2) is 0 Å². The van der Waals surface area contributed by atoms with Crippen molar-refractivity contribution >= 4 is 10.1 Å². The normalized spacial score (nSPS) is 11.6. The molecule has 1 aromatic rings. The minimum absolute atomic E-state index is 0. The molecule has 4 nitrogen and oxygen atoms in total. The van der Waals surface area contributed by atoms with Gasteiger partial charge >= 0.3 is 29.6 Å². The molecule has 0 radical (unpaired) electrons. The first-order valence-electron chi connectivity index (χ1n) is 10.5. The molecule has 0 aliphatic heterocycles. The standard InChI is InChI=1S/C25H31NO3S.Na/c1-18(2)21-11-13-23-22(16-25(30(27,28)29)24(23)14-12-21)6-4-5-15-26-17-20-9-7-19(3)8-10-20;/h7-14,16,18,26H,4-6,15,17H2,1-3H3,(H,27,28,29);/q;+1/p-1. The third-order valence-corrected chi connectivity index (χ3v) is 6.40. The molecule has 0 bridgehead atoms. The van der Waals surface area contributed by atoms with Gasteiger partial charge in [-0.1, -0.05) is 67.9 Å². The molecule has 0 saturated carbocycles. The second-order valence-corrected chi connectivity index (χ2v) is 9.60. The number of nitrogens with one attached hydrogen (secondary N) is 1. The van der Waals surface area contributed by atoms with Crippen LogP contribution in [0, 0.1) is 6.92 Å². The SMILES string of the molecule is Cc1ccc(CNCCCCc2cc(S(=O)(=O)[O-])c3ccc(C(C)C)ccc2-3)cc1.[Na+]. The van der Waals surface area contributed by atoms with Crippen LogP contribution in [-0.4, -0.2) is 19.5 Å². The number of benzene rings is 1. The molecular weight excluding hydrogens is 417 g/mol. The molecule has 1 N–H and O–H groups in total. The summed E-state index contributed by atoms with van der Waals surface area (Å²) in [6, 6.07) is 17.8. The molecule has 0 amide bonds. The largest absolute Gasteiger partial charge is 1.00 e. The first-order valence-corrected chi connectivity index (χ1v) is 11.9. The van der Waals surface area contributed by atoms with Crippen LogP contribution in [0.25, 0.3) is 11.1 Å². The van der Waals surface area contributed by atoms with Crippen molar-refractivity contribution in [1.82, 2.24) is 5.32 Å². The first kappa shape index (κ1) is 26.0. The van der Waals surface area contributed by atoms with E-state index in [4.69, 9.17) is 0 Å². The van der Waals surface area contributed by atoms with Crippen molar-refractivity contribution < 1.29 is 42.5 Å². The van der Waals surface area contributed by atoms with E-state index in [0.29, 0.717) is 11.5 Å². The molecule has 6 heteroatoms. The summed E-state index contributed by atoms with van der Waals surface area (Å²) in [6.45, 7) is 8.00. The fraction of sp³-hybridized carbons (Fsp3) is 0.360. The van der Waals surface area contributed by atoms with Crippen molar-refractivity contribution in [2.45, 2.75) is 57.4 Å². The second kappa shape index (κ2) is 11.6. The summed E-state index contributed by atoms with van der Waals surface area (Å²) in [5.74, 6) is 0.330. The quantitative estimate of drug-likeness (QED) is 0.310. The Morgan fingerprint density at radius 2 is 1.58 bits per heavy atom. The van der Waals surface area contributed by atoms with Crippen LogP contribution in [0.1, 0.15) is 54.9 Å². The van der Waals surface area contributed by atoms with E-state index in [1.807, 2.05) is 18.2 Å². The molecule has 0 atom stereocenters. The molecule has 2 aliphatic carbocycles. The molecule has 160 valence electrons. The monoisotopic (exact) mass is 447 g/mol. The second-order valence-electron chi connectivity index (χ2n) is 8.26. The molecule has 31 heavy (non-hydrogen) atoms. The van der Waals surface area contributed by atoms with Gasteiger partial charge in [0.2, 0.25) is 0 Å². The maximum atomic E-state index is 11.8. The van der Waals surface area contributed by atoms with Crippen molar-refractivity contribution in [3.8, 4) is 11.1 Å². The predicted molar refractivity (Wildman–Crippen MR) is 121 cm³/mol. The summed E-state index contributed by atoms with van der Waals surface area (Å²) in [7, 11) is -4.51. The summed E-state index contributed by atoms with van der Waals surface area (Å²) in [4.78, 5) is -0.101. The van der Waals surface area contributed by atoms with Gasteiger partial charge in [-0.3, -0.25) is 0 Å². The smallest absolute Gasteiger partial charge is 0.744 e. The third kappa shape index (κ3) is 7.14. The Kier molecular flexibility index (Phi) is 9.74. The van der Waals surface area contributed by atoms with Crippen molar-refractivity contribution in [1.29, 1.82) is 0 Å². The van der Waals surface area contributed by atoms with E-state index in [1.54, 1.807) is 12.1 Å². The van der Waals surface area contributed by atoms with Crippen LogP contribution in [0.5, 0.6) is 0 Å². The van der Waals surface area contributed by atoms with Gasteiger partial charge in [-0.05, 0) is 72.5 Å². The van der Waals surface area contributed by atoms with E-state index in [2.05, 4.69) is 50.4 Å². The van der Waals surface area contributed by atoms with E-state index in [9.17, 15) is 13.0 Å². The summed E-state index contributed by atoms with van der Waals surface area (Å²) in [5.41, 5.74) is 5.97. The Bertz CT molecular complexity index is 1060. The van der Waals surface area contributed by atoms with Gasteiger partial charge in [0, 0.05) is 6.54 Å². The molecule has 0 fully saturated rings. The molecule has 0 unspecified atom stereocenters. The van der Waals surface area contributed by atoms with Crippen molar-refractivity contribution in [2.75, 3.05) is 6.54 Å². The van der Waals surface area contributed by atoms with Crippen LogP contribution in [0.15, 0.2) is 59.5 Å². The van der Waals surface area contributed by atoms with Crippen LogP contribution in [0.2, 0.25) is 0 Å². The zero-order chi connectivity index (χ0) is 21.7. The van der Waals surface area contributed by atoms with Gasteiger partial charge in [0.25, 0.3) is 0 Å². The zero-order valence-corrected chi connectivity index (χ0v) is 21.8. The Labute approximate surface area is 208 Å². The van der Waals surface area contributed by atoms with Gasteiger partial charge in [-0.2, -0.15) is 0 Å². The summed E-state index contributed by atoms with van der Waals surface area (Å²) in [5, 5.41) is 3.45. The average Bonchev–Trinajstić information content (AvgIpc) is 2.89. The molecule has 0 aromatic heterocycles. The molecule has 0 saturated heterocycles. The fourth-order valence-electron chi connectivity index (χ4n) is 3.71. The van der Waals surface area contributed by atoms with Gasteiger partial charge in [-0.15, -0.1) is 0 Å². The molecule has 3 rings (SSSR count). The summed E-state index contributed by atoms with van der Waals surface area (Å²) in [6.07, 6.45) is 2.65. The van der Waals surface area contributed by atoms with E-state index in [1.165, 1.54) is 11.1 Å². The Morgan fingerprint density at radius 1 is 0.935 bits per heavy atom. The molecule has 2 aliphatic rings.